The summed E-state index contributed by atoms with van der Waals surface area (Å²) >= 11 is 0. The lowest BCUT2D eigenvalue weighted by Crippen LogP contribution is -2.24. The molecule has 1 amide bonds. The molecule has 3 rings (SSSR count). The summed E-state index contributed by atoms with van der Waals surface area (Å²) < 4.78 is 13.6. The van der Waals surface area contributed by atoms with Crippen LogP contribution in [-0.2, 0) is 6.54 Å². The third-order valence-corrected chi connectivity index (χ3v) is 3.81. The summed E-state index contributed by atoms with van der Waals surface area (Å²) in [5, 5.41) is 5.96. The molecule has 0 saturated heterocycles. The lowest BCUT2D eigenvalue weighted by molar-refractivity contribution is 0.0945. The monoisotopic (exact) mass is 335 g/mol. The molecule has 2 aromatic carbocycles. The van der Waals surface area contributed by atoms with Gasteiger partial charge in [0.25, 0.3) is 5.91 Å². The molecule has 0 spiro atoms. The summed E-state index contributed by atoms with van der Waals surface area (Å²) in [4.78, 5) is 16.4. The molecule has 0 aliphatic rings. The normalized spacial score (nSPS) is 10.3. The van der Waals surface area contributed by atoms with Crippen molar-refractivity contribution in [1.29, 1.82) is 0 Å². The molecule has 2 N–H and O–H groups in total. The van der Waals surface area contributed by atoms with Crippen molar-refractivity contribution in [2.45, 2.75) is 13.5 Å². The Morgan fingerprint density at radius 1 is 1.08 bits per heavy atom. The van der Waals surface area contributed by atoms with Crippen LogP contribution in [0.2, 0.25) is 0 Å². The maximum atomic E-state index is 13.6. The van der Waals surface area contributed by atoms with Crippen molar-refractivity contribution in [3.63, 3.8) is 0 Å². The number of hydrogen-bond acceptors (Lipinski definition) is 3. The fourth-order valence-electron chi connectivity index (χ4n) is 2.41. The predicted octanol–water partition coefficient (Wildman–Crippen LogP) is 4.20. The second kappa shape index (κ2) is 7.57. The van der Waals surface area contributed by atoms with Gasteiger partial charge in [-0.05, 0) is 36.8 Å². The zero-order valence-electron chi connectivity index (χ0n) is 13.8. The molecular weight excluding hydrogens is 317 g/mol. The van der Waals surface area contributed by atoms with E-state index in [1.807, 2.05) is 31.2 Å². The van der Waals surface area contributed by atoms with E-state index in [0.717, 1.165) is 16.9 Å². The number of carbonyl (C=O) groups is 1. The number of para-hydroxylation sites is 1. The van der Waals surface area contributed by atoms with Gasteiger partial charge in [-0.3, -0.25) is 9.78 Å². The van der Waals surface area contributed by atoms with Gasteiger partial charge in [0.15, 0.2) is 0 Å². The second-order valence-electron chi connectivity index (χ2n) is 5.64. The molecule has 0 aliphatic heterocycles. The van der Waals surface area contributed by atoms with Crippen LogP contribution >= 0.6 is 0 Å². The van der Waals surface area contributed by atoms with Crippen LogP contribution < -0.4 is 10.6 Å². The van der Waals surface area contributed by atoms with Crippen LogP contribution in [0.25, 0.3) is 0 Å². The van der Waals surface area contributed by atoms with E-state index < -0.39 is 0 Å². The van der Waals surface area contributed by atoms with Gasteiger partial charge in [0, 0.05) is 29.7 Å². The Morgan fingerprint density at radius 2 is 1.84 bits per heavy atom. The molecule has 0 fully saturated rings. The molecule has 0 aliphatic carbocycles. The molecule has 1 heterocycles. The molecule has 4 nitrogen and oxygen atoms in total. The molecule has 0 unspecified atom stereocenters. The van der Waals surface area contributed by atoms with Crippen molar-refractivity contribution >= 4 is 17.3 Å². The Balaban J connectivity index is 1.69. The molecule has 126 valence electrons. The zero-order chi connectivity index (χ0) is 17.6. The number of hydrogen-bond donors (Lipinski definition) is 2. The number of carbonyl (C=O) groups excluding carboxylic acids is 1. The number of benzene rings is 2. The minimum atomic E-state index is -0.350. The third-order valence-electron chi connectivity index (χ3n) is 3.81. The fraction of sp³-hybridized carbons (Fsp3) is 0.100. The number of amides is 1. The third kappa shape index (κ3) is 4.20. The highest BCUT2D eigenvalue weighted by Crippen LogP contribution is 2.20. The average molecular weight is 335 g/mol. The number of halogens is 1. The van der Waals surface area contributed by atoms with Gasteiger partial charge in [0.1, 0.15) is 11.5 Å². The van der Waals surface area contributed by atoms with Gasteiger partial charge < -0.3 is 10.6 Å². The first kappa shape index (κ1) is 16.6. The quantitative estimate of drug-likeness (QED) is 0.735. The smallest absolute Gasteiger partial charge is 0.270 e. The summed E-state index contributed by atoms with van der Waals surface area (Å²) in [5.41, 5.74) is 3.54. The zero-order valence-corrected chi connectivity index (χ0v) is 13.8. The van der Waals surface area contributed by atoms with E-state index in [9.17, 15) is 9.18 Å². The minimum absolute atomic E-state index is 0.114. The average Bonchev–Trinajstić information content (AvgIpc) is 2.63. The minimum Gasteiger partial charge on any atom is -0.355 e. The van der Waals surface area contributed by atoms with Gasteiger partial charge in [0.05, 0.1) is 0 Å². The van der Waals surface area contributed by atoms with Crippen molar-refractivity contribution in [1.82, 2.24) is 10.3 Å². The molecular formula is C20H18FN3O. The van der Waals surface area contributed by atoms with E-state index in [2.05, 4.69) is 15.6 Å². The van der Waals surface area contributed by atoms with Gasteiger partial charge in [-0.25, -0.2) is 4.39 Å². The van der Waals surface area contributed by atoms with Crippen molar-refractivity contribution in [3.05, 3.63) is 89.5 Å². The van der Waals surface area contributed by atoms with Crippen LogP contribution in [0.3, 0.4) is 0 Å². The Kier molecular flexibility index (Phi) is 5.04. The van der Waals surface area contributed by atoms with Crippen LogP contribution in [0, 0.1) is 12.7 Å². The molecule has 25 heavy (non-hydrogen) atoms. The van der Waals surface area contributed by atoms with Crippen molar-refractivity contribution in [2.75, 3.05) is 5.32 Å². The van der Waals surface area contributed by atoms with E-state index in [-0.39, 0.29) is 24.0 Å². The number of pyridine rings is 1. The summed E-state index contributed by atoms with van der Waals surface area (Å²) in [6, 6.07) is 17.7. The molecule has 3 aromatic rings. The summed E-state index contributed by atoms with van der Waals surface area (Å²) in [5.74, 6) is -0.692. The standard InChI is InChI=1S/C20H18FN3O/c1-14-6-2-5-9-18(14)24-16-10-11-22-19(12-16)20(25)23-13-15-7-3-4-8-17(15)21/h2-12H,13H2,1H3,(H,22,24)(H,23,25). The molecule has 1 aromatic heterocycles. The molecule has 5 heteroatoms. The second-order valence-corrected chi connectivity index (χ2v) is 5.64. The van der Waals surface area contributed by atoms with Crippen LogP contribution in [-0.4, -0.2) is 10.9 Å². The maximum Gasteiger partial charge on any atom is 0.270 e. The van der Waals surface area contributed by atoms with Crippen molar-refractivity contribution < 1.29 is 9.18 Å². The highest BCUT2D eigenvalue weighted by atomic mass is 19.1. The lowest BCUT2D eigenvalue weighted by Gasteiger charge is -2.10. The van der Waals surface area contributed by atoms with E-state index in [0.29, 0.717) is 5.56 Å². The Labute approximate surface area is 145 Å². The molecule has 0 atom stereocenters. The van der Waals surface area contributed by atoms with Gasteiger partial charge in [0.2, 0.25) is 0 Å². The maximum absolute atomic E-state index is 13.6. The SMILES string of the molecule is Cc1ccccc1Nc1ccnc(C(=O)NCc2ccccc2F)c1. The van der Waals surface area contributed by atoms with Crippen molar-refractivity contribution in [3.8, 4) is 0 Å². The number of rotatable bonds is 5. The largest absolute Gasteiger partial charge is 0.355 e. The van der Waals surface area contributed by atoms with E-state index in [1.54, 1.807) is 36.5 Å². The Morgan fingerprint density at radius 3 is 2.64 bits per heavy atom. The van der Waals surface area contributed by atoms with E-state index in [1.165, 1.54) is 6.07 Å². The molecule has 0 saturated carbocycles. The van der Waals surface area contributed by atoms with Crippen LogP contribution in [0.4, 0.5) is 15.8 Å². The van der Waals surface area contributed by atoms with E-state index >= 15 is 0 Å². The van der Waals surface area contributed by atoms with Crippen LogP contribution in [0.5, 0.6) is 0 Å². The topological polar surface area (TPSA) is 54.0 Å². The predicted molar refractivity (Wildman–Crippen MR) is 96.3 cm³/mol. The molecule has 0 bridgehead atoms. The number of aryl methyl sites for hydroxylation is 1. The lowest BCUT2D eigenvalue weighted by atomic mass is 10.2. The van der Waals surface area contributed by atoms with Gasteiger partial charge >= 0.3 is 0 Å². The number of aromatic nitrogens is 1. The van der Waals surface area contributed by atoms with Crippen LogP contribution in [0.1, 0.15) is 21.6 Å². The number of nitrogens with one attached hydrogen (secondary N) is 2. The Hall–Kier alpha value is -3.21. The van der Waals surface area contributed by atoms with Crippen molar-refractivity contribution in [2.24, 2.45) is 0 Å². The Bertz CT molecular complexity index is 895. The van der Waals surface area contributed by atoms with Gasteiger partial charge in [-0.1, -0.05) is 36.4 Å². The highest BCUT2D eigenvalue weighted by Gasteiger charge is 2.09. The van der Waals surface area contributed by atoms with Gasteiger partial charge in [-0.15, -0.1) is 0 Å². The van der Waals surface area contributed by atoms with E-state index in [4.69, 9.17) is 0 Å². The number of anilines is 2. The summed E-state index contributed by atoms with van der Waals surface area (Å²) in [6.07, 6.45) is 1.57. The first-order chi connectivity index (χ1) is 12.1. The summed E-state index contributed by atoms with van der Waals surface area (Å²) in [6.45, 7) is 2.12. The number of nitrogens with zero attached hydrogens (tertiary/aromatic N) is 1. The highest BCUT2D eigenvalue weighted by molar-refractivity contribution is 5.93. The molecule has 0 radical (unpaired) electrons. The first-order valence-corrected chi connectivity index (χ1v) is 7.94. The van der Waals surface area contributed by atoms with Gasteiger partial charge in [-0.2, -0.15) is 0 Å². The van der Waals surface area contributed by atoms with Crippen LogP contribution in [0.15, 0.2) is 66.9 Å². The summed E-state index contributed by atoms with van der Waals surface area (Å²) in [7, 11) is 0. The fourth-order valence-corrected chi connectivity index (χ4v) is 2.41. The first-order valence-electron chi connectivity index (χ1n) is 7.94.